The predicted octanol–water partition coefficient (Wildman–Crippen LogP) is 3.70. The molecule has 0 unspecified atom stereocenters. The zero-order chi connectivity index (χ0) is 16.4. The molecular weight excluding hydrogens is 357 g/mol. The molecule has 1 aromatic carbocycles. The Balaban J connectivity index is 1.73. The number of carbonyl (C=O) groups excluding carboxylic acids is 1. The fourth-order valence-electron chi connectivity index (χ4n) is 1.89. The maximum Gasteiger partial charge on any atom is 0.273 e. The average molecular weight is 368 g/mol. The summed E-state index contributed by atoms with van der Waals surface area (Å²) in [5.74, 6) is -0.323. The minimum absolute atomic E-state index is 0.323. The van der Waals surface area contributed by atoms with Gasteiger partial charge in [0.2, 0.25) is 5.13 Å². The van der Waals surface area contributed by atoms with Crippen LogP contribution >= 0.6 is 34.5 Å². The van der Waals surface area contributed by atoms with Crippen LogP contribution in [0.15, 0.2) is 36.0 Å². The van der Waals surface area contributed by atoms with Gasteiger partial charge < -0.3 is 0 Å². The van der Waals surface area contributed by atoms with Crippen LogP contribution in [0.1, 0.15) is 16.1 Å². The van der Waals surface area contributed by atoms with Crippen molar-refractivity contribution in [3.8, 4) is 5.13 Å². The number of rotatable bonds is 4. The van der Waals surface area contributed by atoms with Gasteiger partial charge in [0.05, 0.1) is 22.0 Å². The van der Waals surface area contributed by atoms with Gasteiger partial charge in [0, 0.05) is 22.8 Å². The van der Waals surface area contributed by atoms with E-state index in [0.29, 0.717) is 32.1 Å². The lowest BCUT2D eigenvalue weighted by atomic mass is 10.2. The molecule has 1 amide bonds. The molecular formula is C14H11Cl2N5OS. The average Bonchev–Trinajstić information content (AvgIpc) is 3.15. The van der Waals surface area contributed by atoms with Crippen LogP contribution in [0.25, 0.3) is 5.13 Å². The summed E-state index contributed by atoms with van der Waals surface area (Å²) in [6.07, 6.45) is 3.31. The highest BCUT2D eigenvalue weighted by Crippen LogP contribution is 2.24. The molecule has 0 saturated heterocycles. The Bertz CT molecular complexity index is 847. The van der Waals surface area contributed by atoms with Crippen LogP contribution in [0.2, 0.25) is 10.0 Å². The molecule has 3 rings (SSSR count). The molecule has 0 aliphatic carbocycles. The van der Waals surface area contributed by atoms with E-state index in [1.165, 1.54) is 11.3 Å². The molecule has 2 N–H and O–H groups in total. The third-order valence-electron chi connectivity index (χ3n) is 3.00. The van der Waals surface area contributed by atoms with Crippen LogP contribution in [0.4, 0.5) is 5.69 Å². The summed E-state index contributed by atoms with van der Waals surface area (Å²) in [6.45, 7) is 1.76. The molecule has 0 atom stereocenters. The number of aromatic nitrogens is 3. The summed E-state index contributed by atoms with van der Waals surface area (Å²) in [4.78, 5) is 16.4. The van der Waals surface area contributed by atoms with E-state index in [1.54, 1.807) is 42.2 Å². The summed E-state index contributed by atoms with van der Waals surface area (Å²) < 4.78 is 1.57. The molecule has 0 saturated carbocycles. The van der Waals surface area contributed by atoms with Crippen LogP contribution in [0.5, 0.6) is 0 Å². The number of nitrogens with one attached hydrogen (secondary N) is 2. The highest BCUT2D eigenvalue weighted by atomic mass is 35.5. The van der Waals surface area contributed by atoms with E-state index in [9.17, 15) is 4.79 Å². The van der Waals surface area contributed by atoms with Crippen LogP contribution in [-0.2, 0) is 0 Å². The zero-order valence-electron chi connectivity index (χ0n) is 11.9. The van der Waals surface area contributed by atoms with E-state index in [-0.39, 0.29) is 5.91 Å². The van der Waals surface area contributed by atoms with Gasteiger partial charge in [0.15, 0.2) is 0 Å². The van der Waals surface area contributed by atoms with E-state index >= 15 is 0 Å². The fourth-order valence-corrected chi connectivity index (χ4v) is 2.91. The topological polar surface area (TPSA) is 71.8 Å². The fraction of sp³-hybridized carbons (Fsp3) is 0.0714. The number of hydrazine groups is 1. The zero-order valence-corrected chi connectivity index (χ0v) is 14.2. The largest absolute Gasteiger partial charge is 0.297 e. The first-order valence-electron chi connectivity index (χ1n) is 6.52. The van der Waals surface area contributed by atoms with Gasteiger partial charge in [-0.2, -0.15) is 5.10 Å². The Hall–Kier alpha value is -2.09. The Morgan fingerprint density at radius 1 is 1.35 bits per heavy atom. The summed E-state index contributed by atoms with van der Waals surface area (Å²) in [5.41, 5.74) is 6.95. The van der Waals surface area contributed by atoms with Gasteiger partial charge in [0.25, 0.3) is 5.91 Å². The summed E-state index contributed by atoms with van der Waals surface area (Å²) >= 11 is 13.3. The van der Waals surface area contributed by atoms with Crippen LogP contribution in [0, 0.1) is 6.92 Å². The van der Waals surface area contributed by atoms with Gasteiger partial charge in [-0.15, -0.1) is 11.3 Å². The lowest BCUT2D eigenvalue weighted by Gasteiger charge is -2.09. The molecule has 2 heterocycles. The van der Waals surface area contributed by atoms with Crippen molar-refractivity contribution in [3.05, 3.63) is 57.3 Å². The Kier molecular flexibility index (Phi) is 4.51. The number of anilines is 1. The van der Waals surface area contributed by atoms with Crippen molar-refractivity contribution in [3.63, 3.8) is 0 Å². The minimum Gasteiger partial charge on any atom is -0.297 e. The van der Waals surface area contributed by atoms with Crippen LogP contribution < -0.4 is 10.9 Å². The van der Waals surface area contributed by atoms with Crippen LogP contribution in [-0.4, -0.2) is 20.7 Å². The molecule has 0 bridgehead atoms. The second-order valence-corrected chi connectivity index (χ2v) is 6.31. The van der Waals surface area contributed by atoms with Crippen LogP contribution in [0.3, 0.4) is 0 Å². The van der Waals surface area contributed by atoms with Gasteiger partial charge in [-0.1, -0.05) is 23.2 Å². The molecule has 3 aromatic rings. The van der Waals surface area contributed by atoms with E-state index < -0.39 is 0 Å². The summed E-state index contributed by atoms with van der Waals surface area (Å²) in [7, 11) is 0. The number of thiazole rings is 1. The summed E-state index contributed by atoms with van der Waals surface area (Å²) in [6, 6.07) is 4.94. The quantitative estimate of drug-likeness (QED) is 0.689. The molecule has 9 heteroatoms. The SMILES string of the molecule is Cc1nn(-c2nccs2)cc1C(=O)NNc1ccc(Cl)cc1Cl. The molecule has 6 nitrogen and oxygen atoms in total. The number of aryl methyl sites for hydroxylation is 1. The number of carbonyl (C=O) groups is 1. The van der Waals surface area contributed by atoms with Gasteiger partial charge in [-0.3, -0.25) is 15.6 Å². The van der Waals surface area contributed by atoms with Crippen molar-refractivity contribution in [1.82, 2.24) is 20.2 Å². The molecule has 2 aromatic heterocycles. The van der Waals surface area contributed by atoms with Crippen molar-refractivity contribution in [2.75, 3.05) is 5.43 Å². The Morgan fingerprint density at radius 3 is 2.87 bits per heavy atom. The van der Waals surface area contributed by atoms with Crippen molar-refractivity contribution in [2.45, 2.75) is 6.92 Å². The second kappa shape index (κ2) is 6.57. The maximum atomic E-state index is 12.3. The van der Waals surface area contributed by atoms with E-state index in [2.05, 4.69) is 20.9 Å². The first-order valence-corrected chi connectivity index (χ1v) is 8.15. The van der Waals surface area contributed by atoms with Crippen molar-refractivity contribution in [1.29, 1.82) is 0 Å². The highest BCUT2D eigenvalue weighted by molar-refractivity contribution is 7.12. The van der Waals surface area contributed by atoms with Crippen molar-refractivity contribution in [2.24, 2.45) is 0 Å². The smallest absolute Gasteiger partial charge is 0.273 e. The molecule has 118 valence electrons. The first kappa shape index (κ1) is 15.8. The molecule has 0 fully saturated rings. The Morgan fingerprint density at radius 2 is 2.17 bits per heavy atom. The number of nitrogens with zero attached hydrogens (tertiary/aromatic N) is 3. The van der Waals surface area contributed by atoms with E-state index in [0.717, 1.165) is 0 Å². The minimum atomic E-state index is -0.323. The highest BCUT2D eigenvalue weighted by Gasteiger charge is 2.15. The molecule has 23 heavy (non-hydrogen) atoms. The maximum absolute atomic E-state index is 12.3. The molecule has 0 aliphatic heterocycles. The number of amides is 1. The number of benzene rings is 1. The number of halogens is 2. The lowest BCUT2D eigenvalue weighted by molar-refractivity contribution is 0.0962. The van der Waals surface area contributed by atoms with E-state index in [4.69, 9.17) is 23.2 Å². The number of hydrogen-bond acceptors (Lipinski definition) is 5. The standard InChI is InChI=1S/C14H11Cl2N5OS/c1-8-10(7-21(20-8)14-17-4-5-23-14)13(22)19-18-12-3-2-9(15)6-11(12)16/h2-7,18H,1H3,(H,19,22). The monoisotopic (exact) mass is 367 g/mol. The van der Waals surface area contributed by atoms with Gasteiger partial charge in [-0.25, -0.2) is 9.67 Å². The third kappa shape index (κ3) is 3.47. The van der Waals surface area contributed by atoms with E-state index in [1.807, 2.05) is 5.38 Å². The van der Waals surface area contributed by atoms with Gasteiger partial charge in [-0.05, 0) is 25.1 Å². The summed E-state index contributed by atoms with van der Waals surface area (Å²) in [5, 5.41) is 7.76. The van der Waals surface area contributed by atoms with Crippen molar-refractivity contribution >= 4 is 46.1 Å². The molecule has 0 spiro atoms. The normalized spacial score (nSPS) is 10.6. The lowest BCUT2D eigenvalue weighted by Crippen LogP contribution is -2.29. The van der Waals surface area contributed by atoms with Gasteiger partial charge in [0.1, 0.15) is 0 Å². The first-order chi connectivity index (χ1) is 11.0. The van der Waals surface area contributed by atoms with Crippen molar-refractivity contribution < 1.29 is 4.79 Å². The van der Waals surface area contributed by atoms with Gasteiger partial charge >= 0.3 is 0 Å². The molecule has 0 radical (unpaired) electrons. The second-order valence-electron chi connectivity index (χ2n) is 4.59. The molecule has 0 aliphatic rings. The third-order valence-corrected chi connectivity index (χ3v) is 4.31. The Labute approximate surface area is 146 Å². The number of hydrogen-bond donors (Lipinski definition) is 2. The predicted molar refractivity (Wildman–Crippen MR) is 91.5 cm³/mol.